The van der Waals surface area contributed by atoms with Crippen LogP contribution in [0.2, 0.25) is 0 Å². The van der Waals surface area contributed by atoms with E-state index in [0.29, 0.717) is 0 Å². The molecule has 3 nitrogen and oxygen atoms in total. The lowest BCUT2D eigenvalue weighted by molar-refractivity contribution is 0.532. The van der Waals surface area contributed by atoms with Crippen LogP contribution in [0.4, 0.5) is 0 Å². The first-order valence-electron chi connectivity index (χ1n) is 9.07. The molecular weight excluding hydrogens is 471 g/mol. The van der Waals surface area contributed by atoms with Gasteiger partial charge in [-0.15, -0.1) is 0 Å². The maximum absolute atomic E-state index is 12.2. The molecule has 2 rings (SSSR count). The monoisotopic (exact) mass is 500 g/mol. The number of halogens is 1. The van der Waals surface area contributed by atoms with E-state index in [1.54, 1.807) is 0 Å². The topological polar surface area (TPSA) is 43.4 Å². The van der Waals surface area contributed by atoms with Crippen molar-refractivity contribution >= 4 is 33.1 Å². The van der Waals surface area contributed by atoms with Crippen LogP contribution in [0.25, 0.3) is 0 Å². The normalized spacial score (nSPS) is 13.2. The van der Waals surface area contributed by atoms with Crippen molar-refractivity contribution in [2.24, 2.45) is 0 Å². The molecule has 0 aromatic heterocycles. The molecule has 27 heavy (non-hydrogen) atoms. The van der Waals surface area contributed by atoms with Crippen LogP contribution < -0.4 is 0 Å². The Labute approximate surface area is 178 Å². The van der Waals surface area contributed by atoms with Gasteiger partial charge in [-0.25, -0.2) is 0 Å². The molecule has 148 valence electrons. The lowest BCUT2D eigenvalue weighted by atomic mass is 9.83. The number of benzene rings is 2. The Morgan fingerprint density at radius 3 is 1.37 bits per heavy atom. The van der Waals surface area contributed by atoms with E-state index in [2.05, 4.69) is 65.8 Å². The zero-order valence-corrected chi connectivity index (χ0v) is 19.9. The maximum Gasteiger partial charge on any atom is 0.277 e. The molecule has 2 aromatic carbocycles. The minimum absolute atomic E-state index is 0.0553. The molecule has 5 heteroatoms. The molecule has 0 saturated carbocycles. The zero-order chi connectivity index (χ0) is 20.5. The van der Waals surface area contributed by atoms with E-state index in [1.165, 1.54) is 34.1 Å². The number of hydrogen-bond acceptors (Lipinski definition) is 3. The largest absolute Gasteiger partial charge is 0.277 e. The van der Waals surface area contributed by atoms with Crippen LogP contribution in [0.1, 0.15) is 69.7 Å². The summed E-state index contributed by atoms with van der Waals surface area (Å²) < 4.78 is 29.1. The van der Waals surface area contributed by atoms with Crippen LogP contribution >= 0.6 is 23.0 Å². The molecule has 0 unspecified atom stereocenters. The van der Waals surface area contributed by atoms with Crippen LogP contribution in [-0.2, 0) is 23.5 Å². The van der Waals surface area contributed by atoms with Gasteiger partial charge >= 0.3 is 0 Å². The van der Waals surface area contributed by atoms with Gasteiger partial charge in [0.1, 0.15) is 23.0 Å². The van der Waals surface area contributed by atoms with E-state index in [9.17, 15) is 8.42 Å². The third-order valence-electron chi connectivity index (χ3n) is 4.82. The van der Waals surface area contributed by atoms with E-state index >= 15 is 0 Å². The average Bonchev–Trinajstić information content (AvgIpc) is 2.58. The molecule has 0 radical (unpaired) electrons. The van der Waals surface area contributed by atoms with Crippen molar-refractivity contribution in [1.29, 1.82) is 0 Å². The highest BCUT2D eigenvalue weighted by atomic mass is 127. The van der Waals surface area contributed by atoms with Crippen LogP contribution in [0.3, 0.4) is 0 Å². The molecule has 0 saturated heterocycles. The Hall–Kier alpha value is -0.920. The van der Waals surface area contributed by atoms with Gasteiger partial charge in [-0.1, -0.05) is 90.1 Å². The Kier molecular flexibility index (Phi) is 6.80. The Balaban J connectivity index is 2.46. The van der Waals surface area contributed by atoms with Gasteiger partial charge in [0.15, 0.2) is 0 Å². The molecule has 0 spiro atoms. The number of rotatable bonds is 5. The summed E-state index contributed by atoms with van der Waals surface area (Å²) in [5, 5.41) is 0. The van der Waals surface area contributed by atoms with Gasteiger partial charge in [0.2, 0.25) is 0 Å². The predicted octanol–water partition coefficient (Wildman–Crippen LogP) is 6.11. The molecule has 0 atom stereocenters. The van der Waals surface area contributed by atoms with E-state index < -0.39 is 10.1 Å². The third-order valence-corrected chi connectivity index (χ3v) is 7.40. The van der Waals surface area contributed by atoms with Crippen molar-refractivity contribution in [3.63, 3.8) is 0 Å². The lowest BCUT2D eigenvalue weighted by Gasteiger charge is -2.23. The Morgan fingerprint density at radius 1 is 0.778 bits per heavy atom. The van der Waals surface area contributed by atoms with Crippen molar-refractivity contribution in [2.75, 3.05) is 5.75 Å². The summed E-state index contributed by atoms with van der Waals surface area (Å²) >= 11 is 1.45. The molecular formula is C22H29IO3S. The van der Waals surface area contributed by atoms with Crippen molar-refractivity contribution in [2.45, 2.75) is 58.3 Å². The van der Waals surface area contributed by atoms with Gasteiger partial charge in [0.05, 0.1) is 5.75 Å². The summed E-state index contributed by atoms with van der Waals surface area (Å²) in [6.07, 6.45) is 0. The smallest absolute Gasteiger partial charge is 0.199 e. The summed E-state index contributed by atoms with van der Waals surface area (Å²) in [5.41, 5.74) is 4.51. The predicted molar refractivity (Wildman–Crippen MR) is 121 cm³/mol. The first-order chi connectivity index (χ1) is 12.3. The molecule has 2 aromatic rings. The summed E-state index contributed by atoms with van der Waals surface area (Å²) in [4.78, 5) is 0. The summed E-state index contributed by atoms with van der Waals surface area (Å²) in [6.45, 7) is 13.0. The van der Waals surface area contributed by atoms with E-state index in [-0.39, 0.29) is 22.5 Å². The second kappa shape index (κ2) is 8.21. The summed E-state index contributed by atoms with van der Waals surface area (Å²) in [6, 6.07) is 16.5. The first-order valence-corrected chi connectivity index (χ1v) is 11.5. The molecule has 0 aliphatic carbocycles. The highest BCUT2D eigenvalue weighted by molar-refractivity contribution is 14.1. The second-order valence-corrected chi connectivity index (χ2v) is 11.7. The second-order valence-electron chi connectivity index (χ2n) is 9.08. The van der Waals surface area contributed by atoms with Gasteiger partial charge < -0.3 is 0 Å². The van der Waals surface area contributed by atoms with Gasteiger partial charge in [0, 0.05) is 5.92 Å². The zero-order valence-electron chi connectivity index (χ0n) is 16.9. The van der Waals surface area contributed by atoms with Crippen molar-refractivity contribution in [3.05, 3.63) is 70.8 Å². The summed E-state index contributed by atoms with van der Waals surface area (Å²) in [5.74, 6) is -0.354. The summed E-state index contributed by atoms with van der Waals surface area (Å²) in [7, 11) is -3.61. The quantitative estimate of drug-likeness (QED) is 0.466. The van der Waals surface area contributed by atoms with Crippen molar-refractivity contribution < 1.29 is 10.9 Å². The van der Waals surface area contributed by atoms with Gasteiger partial charge in [-0.3, -0.25) is 0 Å². The van der Waals surface area contributed by atoms with Crippen LogP contribution in [0.5, 0.6) is 0 Å². The minimum Gasteiger partial charge on any atom is -0.199 e. The standard InChI is InChI=1S/C22H29IO3S/c1-21(2,3)18-11-7-16(8-12-18)20(15-27(24,25)26-23)17-9-13-19(14-10-17)22(4,5)6/h7-14,20H,15H2,1-6H3. The molecule has 0 aliphatic rings. The van der Waals surface area contributed by atoms with E-state index in [4.69, 9.17) is 2.51 Å². The maximum atomic E-state index is 12.2. The molecule has 0 heterocycles. The SMILES string of the molecule is CC(C)(C)c1ccc(C(CS(=O)(=O)OI)c2ccc(C(C)(C)C)cc2)cc1. The fourth-order valence-corrected chi connectivity index (χ4v) is 4.33. The van der Waals surface area contributed by atoms with Gasteiger partial charge in [-0.2, -0.15) is 10.9 Å². The van der Waals surface area contributed by atoms with Crippen LogP contribution in [-0.4, -0.2) is 14.2 Å². The molecule has 0 N–H and O–H groups in total. The van der Waals surface area contributed by atoms with Crippen molar-refractivity contribution in [1.82, 2.24) is 0 Å². The van der Waals surface area contributed by atoms with E-state index in [0.717, 1.165) is 11.1 Å². The molecule has 0 bridgehead atoms. The Morgan fingerprint density at radius 2 is 1.11 bits per heavy atom. The molecule has 0 aliphatic heterocycles. The first kappa shape index (κ1) is 22.4. The highest BCUT2D eigenvalue weighted by Crippen LogP contribution is 2.31. The fourth-order valence-electron chi connectivity index (χ4n) is 3.05. The van der Waals surface area contributed by atoms with Gasteiger partial charge in [0.25, 0.3) is 10.1 Å². The van der Waals surface area contributed by atoms with Gasteiger partial charge in [-0.05, 0) is 33.1 Å². The molecule has 0 fully saturated rings. The number of hydrogen-bond donors (Lipinski definition) is 0. The fraction of sp³-hybridized carbons (Fsp3) is 0.455. The average molecular weight is 500 g/mol. The minimum atomic E-state index is -3.61. The highest BCUT2D eigenvalue weighted by Gasteiger charge is 2.24. The lowest BCUT2D eigenvalue weighted by Crippen LogP contribution is -2.17. The van der Waals surface area contributed by atoms with Crippen LogP contribution in [0.15, 0.2) is 48.5 Å². The van der Waals surface area contributed by atoms with Crippen molar-refractivity contribution in [3.8, 4) is 0 Å². The third kappa shape index (κ3) is 6.03. The van der Waals surface area contributed by atoms with Crippen LogP contribution in [0, 0.1) is 0 Å². The molecule has 0 amide bonds. The Bertz CT molecular complexity index is 798. The van der Waals surface area contributed by atoms with E-state index in [1.807, 2.05) is 24.3 Å².